The molecular weight excluding hydrogens is 490 g/mol. The number of carbonyl (C=O) groups is 1. The van der Waals surface area contributed by atoms with E-state index in [4.69, 9.17) is 9.47 Å². The lowest BCUT2D eigenvalue weighted by Gasteiger charge is -2.25. The largest absolute Gasteiger partial charge is 0.490 e. The molecule has 0 fully saturated rings. The summed E-state index contributed by atoms with van der Waals surface area (Å²) in [6.45, 7) is 8.20. The number of rotatable bonds is 12. The predicted molar refractivity (Wildman–Crippen MR) is 146 cm³/mol. The van der Waals surface area contributed by atoms with Gasteiger partial charge in [-0.15, -0.1) is 0 Å². The molecule has 9 heteroatoms. The summed E-state index contributed by atoms with van der Waals surface area (Å²) >= 11 is 0. The number of anilines is 1. The zero-order valence-corrected chi connectivity index (χ0v) is 22.4. The standard InChI is InChI=1S/C28H33N3O5S/c1-5-16-36-26-15-14-23(18-27(26)35-6-2)19-29-30-28(32)20-31(25-17-21(3)12-13-22(25)4)37(33,34)24-10-8-7-9-11-24/h7-15,17-19H,5-6,16,20H2,1-4H3,(H,30,32)/b29-19-. The Balaban J connectivity index is 1.81. The van der Waals surface area contributed by atoms with E-state index in [0.717, 1.165) is 21.9 Å². The van der Waals surface area contributed by atoms with Crippen molar-refractivity contribution >= 4 is 27.8 Å². The van der Waals surface area contributed by atoms with E-state index in [-0.39, 0.29) is 4.90 Å². The molecule has 1 N–H and O–H groups in total. The van der Waals surface area contributed by atoms with Crippen LogP contribution >= 0.6 is 0 Å². The Morgan fingerprint density at radius 2 is 1.73 bits per heavy atom. The summed E-state index contributed by atoms with van der Waals surface area (Å²) < 4.78 is 39.5. The topological polar surface area (TPSA) is 97.3 Å². The molecule has 0 heterocycles. The fourth-order valence-electron chi connectivity index (χ4n) is 3.56. The molecule has 3 aromatic rings. The second-order valence-electron chi connectivity index (χ2n) is 8.40. The molecule has 0 atom stereocenters. The van der Waals surface area contributed by atoms with Crippen LogP contribution in [-0.4, -0.2) is 40.3 Å². The van der Waals surface area contributed by atoms with E-state index in [2.05, 4.69) is 10.5 Å². The van der Waals surface area contributed by atoms with Gasteiger partial charge in [-0.3, -0.25) is 9.10 Å². The zero-order valence-electron chi connectivity index (χ0n) is 21.6. The van der Waals surface area contributed by atoms with Gasteiger partial charge in [0.2, 0.25) is 0 Å². The van der Waals surface area contributed by atoms with Crippen molar-refractivity contribution in [3.05, 3.63) is 83.4 Å². The van der Waals surface area contributed by atoms with E-state index < -0.39 is 22.5 Å². The van der Waals surface area contributed by atoms with Gasteiger partial charge < -0.3 is 9.47 Å². The molecule has 1 amide bonds. The molecule has 0 radical (unpaired) electrons. The van der Waals surface area contributed by atoms with Gasteiger partial charge in [0.25, 0.3) is 15.9 Å². The summed E-state index contributed by atoms with van der Waals surface area (Å²) in [7, 11) is -4.00. The quantitative estimate of drug-likeness (QED) is 0.271. The Bertz CT molecular complexity index is 1340. The van der Waals surface area contributed by atoms with Gasteiger partial charge in [-0.1, -0.05) is 37.3 Å². The van der Waals surface area contributed by atoms with Gasteiger partial charge >= 0.3 is 0 Å². The van der Waals surface area contributed by atoms with E-state index >= 15 is 0 Å². The Morgan fingerprint density at radius 1 is 0.973 bits per heavy atom. The molecule has 3 rings (SSSR count). The summed E-state index contributed by atoms with van der Waals surface area (Å²) in [5.41, 5.74) is 5.18. The first-order valence-electron chi connectivity index (χ1n) is 12.1. The maximum absolute atomic E-state index is 13.5. The molecule has 0 unspecified atom stereocenters. The lowest BCUT2D eigenvalue weighted by Crippen LogP contribution is -2.40. The Labute approximate surface area is 219 Å². The Hall–Kier alpha value is -3.85. The minimum Gasteiger partial charge on any atom is -0.490 e. The van der Waals surface area contributed by atoms with Crippen LogP contribution in [0.4, 0.5) is 5.69 Å². The predicted octanol–water partition coefficient (Wildman–Crippen LogP) is 4.84. The highest BCUT2D eigenvalue weighted by Crippen LogP contribution is 2.29. The van der Waals surface area contributed by atoms with Crippen molar-refractivity contribution < 1.29 is 22.7 Å². The lowest BCUT2D eigenvalue weighted by molar-refractivity contribution is -0.119. The van der Waals surface area contributed by atoms with Crippen LogP contribution in [-0.2, 0) is 14.8 Å². The van der Waals surface area contributed by atoms with Crippen molar-refractivity contribution in [2.24, 2.45) is 5.10 Å². The number of aryl methyl sites for hydroxylation is 2. The number of ether oxygens (including phenoxy) is 2. The minimum absolute atomic E-state index is 0.0982. The van der Waals surface area contributed by atoms with E-state index in [1.54, 1.807) is 42.5 Å². The summed E-state index contributed by atoms with van der Waals surface area (Å²) in [6.07, 6.45) is 2.35. The van der Waals surface area contributed by atoms with Crippen molar-refractivity contribution in [3.63, 3.8) is 0 Å². The van der Waals surface area contributed by atoms with Gasteiger partial charge in [-0.2, -0.15) is 5.10 Å². The van der Waals surface area contributed by atoms with Gasteiger partial charge in [0.05, 0.1) is 30.0 Å². The molecule has 0 aliphatic heterocycles. The van der Waals surface area contributed by atoms with Crippen LogP contribution in [0, 0.1) is 13.8 Å². The maximum atomic E-state index is 13.5. The average Bonchev–Trinajstić information content (AvgIpc) is 2.89. The van der Waals surface area contributed by atoms with E-state index in [1.807, 2.05) is 39.8 Å². The van der Waals surface area contributed by atoms with Crippen LogP contribution in [0.2, 0.25) is 0 Å². The molecule has 0 saturated carbocycles. The number of nitrogens with zero attached hydrogens (tertiary/aromatic N) is 2. The summed E-state index contributed by atoms with van der Waals surface area (Å²) in [5.74, 6) is 0.644. The third-order valence-electron chi connectivity index (χ3n) is 5.38. The van der Waals surface area contributed by atoms with E-state index in [9.17, 15) is 13.2 Å². The average molecular weight is 524 g/mol. The first kappa shape index (κ1) is 27.7. The van der Waals surface area contributed by atoms with Crippen LogP contribution in [0.3, 0.4) is 0 Å². The molecule has 0 aliphatic rings. The van der Waals surface area contributed by atoms with Crippen LogP contribution in [0.25, 0.3) is 0 Å². The van der Waals surface area contributed by atoms with Gasteiger partial charge in [-0.25, -0.2) is 13.8 Å². The van der Waals surface area contributed by atoms with Crippen LogP contribution < -0.4 is 19.2 Å². The molecule has 0 spiro atoms. The third kappa shape index (κ3) is 7.33. The van der Waals surface area contributed by atoms with Crippen LogP contribution in [0.1, 0.15) is 37.0 Å². The SMILES string of the molecule is CCCOc1ccc(/C=N\NC(=O)CN(c2cc(C)ccc2C)S(=O)(=O)c2ccccc2)cc1OCC. The molecule has 0 bridgehead atoms. The van der Waals surface area contributed by atoms with Gasteiger partial charge in [0, 0.05) is 0 Å². The fourth-order valence-corrected chi connectivity index (χ4v) is 5.05. The van der Waals surface area contributed by atoms with Gasteiger partial charge in [0.15, 0.2) is 11.5 Å². The van der Waals surface area contributed by atoms with Crippen molar-refractivity contribution in [1.29, 1.82) is 0 Å². The molecular formula is C28H33N3O5S. The smallest absolute Gasteiger partial charge is 0.264 e. The number of benzene rings is 3. The molecule has 0 aromatic heterocycles. The van der Waals surface area contributed by atoms with Crippen molar-refractivity contribution in [3.8, 4) is 11.5 Å². The van der Waals surface area contributed by atoms with Crippen molar-refractivity contribution in [2.45, 2.75) is 39.0 Å². The second kappa shape index (κ2) is 12.9. The van der Waals surface area contributed by atoms with E-state index in [1.165, 1.54) is 18.3 Å². The maximum Gasteiger partial charge on any atom is 0.264 e. The van der Waals surface area contributed by atoms with Gasteiger partial charge in [-0.05, 0) is 80.3 Å². The summed E-state index contributed by atoms with van der Waals surface area (Å²) in [6, 6.07) is 18.9. The number of nitrogens with one attached hydrogen (secondary N) is 1. The monoisotopic (exact) mass is 523 g/mol. The summed E-state index contributed by atoms with van der Waals surface area (Å²) in [4.78, 5) is 13.0. The van der Waals surface area contributed by atoms with Crippen LogP contribution in [0.15, 0.2) is 76.7 Å². The van der Waals surface area contributed by atoms with E-state index in [0.29, 0.717) is 36.0 Å². The number of carbonyl (C=O) groups excluding carboxylic acids is 1. The molecule has 3 aromatic carbocycles. The first-order chi connectivity index (χ1) is 17.8. The Kier molecular flexibility index (Phi) is 9.68. The van der Waals surface area contributed by atoms with Crippen LogP contribution in [0.5, 0.6) is 11.5 Å². The Morgan fingerprint density at radius 3 is 2.43 bits per heavy atom. The normalized spacial score (nSPS) is 11.4. The van der Waals surface area contributed by atoms with Crippen molar-refractivity contribution in [2.75, 3.05) is 24.1 Å². The second-order valence-corrected chi connectivity index (χ2v) is 10.3. The van der Waals surface area contributed by atoms with Gasteiger partial charge in [0.1, 0.15) is 6.54 Å². The third-order valence-corrected chi connectivity index (χ3v) is 7.16. The highest BCUT2D eigenvalue weighted by Gasteiger charge is 2.28. The number of hydrazone groups is 1. The number of amides is 1. The molecule has 196 valence electrons. The number of hydrogen-bond donors (Lipinski definition) is 1. The van der Waals surface area contributed by atoms with Crippen molar-refractivity contribution in [1.82, 2.24) is 5.43 Å². The summed E-state index contributed by atoms with van der Waals surface area (Å²) in [5, 5.41) is 4.03. The molecule has 37 heavy (non-hydrogen) atoms. The highest BCUT2D eigenvalue weighted by molar-refractivity contribution is 7.92. The molecule has 0 aliphatic carbocycles. The molecule has 0 saturated heterocycles. The minimum atomic E-state index is -4.00. The fraction of sp³-hybridized carbons (Fsp3) is 0.286. The lowest BCUT2D eigenvalue weighted by atomic mass is 10.1. The first-order valence-corrected chi connectivity index (χ1v) is 13.6. The zero-order chi connectivity index (χ0) is 26.8. The molecule has 8 nitrogen and oxygen atoms in total. The number of sulfonamides is 1. The highest BCUT2D eigenvalue weighted by atomic mass is 32.2. The number of hydrogen-bond acceptors (Lipinski definition) is 6.